The molecule has 0 radical (unpaired) electrons. The minimum atomic E-state index is -0.429. The van der Waals surface area contributed by atoms with Crippen LogP contribution in [-0.4, -0.2) is 17.3 Å². The van der Waals surface area contributed by atoms with Crippen LogP contribution in [0.25, 0.3) is 0 Å². The van der Waals surface area contributed by atoms with Crippen molar-refractivity contribution in [1.29, 1.82) is 0 Å². The Bertz CT molecular complexity index is 403. The lowest BCUT2D eigenvalue weighted by molar-refractivity contribution is 0.00718. The van der Waals surface area contributed by atoms with Crippen LogP contribution in [0.5, 0.6) is 0 Å². The van der Waals surface area contributed by atoms with E-state index in [2.05, 4.69) is 30.9 Å². The molecule has 1 aliphatic rings. The predicted octanol–water partition coefficient (Wildman–Crippen LogP) is 2.53. The summed E-state index contributed by atoms with van der Waals surface area (Å²) in [4.78, 5) is 4.47. The molecule has 0 aromatic carbocycles. The van der Waals surface area contributed by atoms with E-state index in [9.17, 15) is 0 Å². The average Bonchev–Trinajstić information content (AvgIpc) is 2.87. The molecule has 102 valence electrons. The van der Waals surface area contributed by atoms with Gasteiger partial charge in [0.2, 0.25) is 11.7 Å². The maximum Gasteiger partial charge on any atom is 0.246 e. The molecule has 0 bridgehead atoms. The fourth-order valence-electron chi connectivity index (χ4n) is 2.61. The molecular formula is C13H23N3O2. The number of ether oxygens (including phenoxy) is 1. The van der Waals surface area contributed by atoms with Gasteiger partial charge in [0, 0.05) is 7.11 Å². The number of nitrogens with zero attached hydrogens (tertiary/aromatic N) is 2. The summed E-state index contributed by atoms with van der Waals surface area (Å²) in [6.45, 7) is 6.26. The lowest BCUT2D eigenvalue weighted by Gasteiger charge is -2.26. The van der Waals surface area contributed by atoms with Gasteiger partial charge in [-0.05, 0) is 18.3 Å². The van der Waals surface area contributed by atoms with Crippen LogP contribution in [0, 0.1) is 5.41 Å². The molecule has 0 spiro atoms. The first kappa shape index (κ1) is 13.5. The maximum atomic E-state index is 6.31. The Morgan fingerprint density at radius 3 is 2.44 bits per heavy atom. The molecule has 0 amide bonds. The molecule has 1 unspecified atom stereocenters. The Balaban J connectivity index is 2.24. The molecule has 2 rings (SSSR count). The molecule has 18 heavy (non-hydrogen) atoms. The van der Waals surface area contributed by atoms with E-state index >= 15 is 0 Å². The third kappa shape index (κ3) is 2.42. The Labute approximate surface area is 108 Å². The summed E-state index contributed by atoms with van der Waals surface area (Å²) < 4.78 is 10.8. The van der Waals surface area contributed by atoms with Gasteiger partial charge in [-0.15, -0.1) is 0 Å². The Morgan fingerprint density at radius 1 is 1.33 bits per heavy atom. The summed E-state index contributed by atoms with van der Waals surface area (Å²) in [5.41, 5.74) is 5.80. The van der Waals surface area contributed by atoms with E-state index in [4.69, 9.17) is 15.0 Å². The Hall–Kier alpha value is -0.940. The zero-order valence-corrected chi connectivity index (χ0v) is 11.7. The number of hydrogen-bond donors (Lipinski definition) is 1. The van der Waals surface area contributed by atoms with Gasteiger partial charge in [-0.3, -0.25) is 0 Å². The normalized spacial score (nSPS) is 21.2. The standard InChI is InChI=1S/C13H23N3O2/c1-12(2,3)9(17-4)10-15-11(18-16-10)13(14)7-5-6-8-13/h9H,5-8,14H2,1-4H3. The van der Waals surface area contributed by atoms with Crippen LogP contribution in [0.15, 0.2) is 4.52 Å². The molecule has 1 heterocycles. The van der Waals surface area contributed by atoms with Gasteiger partial charge in [0.1, 0.15) is 6.10 Å². The highest BCUT2D eigenvalue weighted by molar-refractivity contribution is 5.06. The summed E-state index contributed by atoms with van der Waals surface area (Å²) in [6, 6.07) is 0. The smallest absolute Gasteiger partial charge is 0.246 e. The predicted molar refractivity (Wildman–Crippen MR) is 67.8 cm³/mol. The van der Waals surface area contributed by atoms with Gasteiger partial charge < -0.3 is 15.0 Å². The zero-order chi connectivity index (χ0) is 13.4. The molecule has 0 aliphatic heterocycles. The first-order valence-electron chi connectivity index (χ1n) is 6.52. The van der Waals surface area contributed by atoms with E-state index in [1.165, 1.54) is 0 Å². The second-order valence-electron chi connectivity index (χ2n) is 6.30. The molecule has 5 nitrogen and oxygen atoms in total. The number of hydrogen-bond acceptors (Lipinski definition) is 5. The lowest BCUT2D eigenvalue weighted by atomic mass is 9.88. The van der Waals surface area contributed by atoms with E-state index in [-0.39, 0.29) is 11.5 Å². The van der Waals surface area contributed by atoms with Crippen molar-refractivity contribution in [2.45, 2.75) is 58.1 Å². The fraction of sp³-hybridized carbons (Fsp3) is 0.846. The van der Waals surface area contributed by atoms with Crippen molar-refractivity contribution in [3.05, 3.63) is 11.7 Å². The summed E-state index contributed by atoms with van der Waals surface area (Å²) in [6.07, 6.45) is 3.91. The van der Waals surface area contributed by atoms with Crippen molar-refractivity contribution >= 4 is 0 Å². The van der Waals surface area contributed by atoms with E-state index in [0.717, 1.165) is 25.7 Å². The number of methoxy groups -OCH3 is 1. The van der Waals surface area contributed by atoms with Crippen LogP contribution >= 0.6 is 0 Å². The monoisotopic (exact) mass is 253 g/mol. The Kier molecular flexibility index (Phi) is 3.47. The minimum absolute atomic E-state index is 0.0761. The first-order chi connectivity index (χ1) is 8.37. The van der Waals surface area contributed by atoms with E-state index in [1.807, 2.05) is 0 Å². The molecule has 1 saturated carbocycles. The number of rotatable bonds is 3. The lowest BCUT2D eigenvalue weighted by Crippen LogP contribution is -2.33. The van der Waals surface area contributed by atoms with Crippen molar-refractivity contribution in [3.63, 3.8) is 0 Å². The van der Waals surface area contributed by atoms with Crippen molar-refractivity contribution in [2.24, 2.45) is 11.1 Å². The molecule has 1 aromatic rings. The molecule has 1 aromatic heterocycles. The van der Waals surface area contributed by atoms with Crippen LogP contribution in [0.3, 0.4) is 0 Å². The summed E-state index contributed by atoms with van der Waals surface area (Å²) in [7, 11) is 1.67. The molecular weight excluding hydrogens is 230 g/mol. The van der Waals surface area contributed by atoms with Gasteiger partial charge in [0.05, 0.1) is 5.54 Å². The van der Waals surface area contributed by atoms with Crippen molar-refractivity contribution in [2.75, 3.05) is 7.11 Å². The molecule has 0 saturated heterocycles. The molecule has 1 atom stereocenters. The third-order valence-corrected chi connectivity index (χ3v) is 3.62. The van der Waals surface area contributed by atoms with Crippen molar-refractivity contribution in [1.82, 2.24) is 10.1 Å². The Morgan fingerprint density at radius 2 is 1.94 bits per heavy atom. The van der Waals surface area contributed by atoms with Crippen molar-refractivity contribution in [3.8, 4) is 0 Å². The van der Waals surface area contributed by atoms with E-state index in [1.54, 1.807) is 7.11 Å². The quantitative estimate of drug-likeness (QED) is 0.896. The van der Waals surface area contributed by atoms with Crippen LogP contribution in [0.1, 0.15) is 64.3 Å². The second kappa shape index (κ2) is 4.63. The topological polar surface area (TPSA) is 74.2 Å². The van der Waals surface area contributed by atoms with E-state index < -0.39 is 5.54 Å². The van der Waals surface area contributed by atoms with Crippen LogP contribution in [0.2, 0.25) is 0 Å². The van der Waals surface area contributed by atoms with Gasteiger partial charge in [0.15, 0.2) is 0 Å². The van der Waals surface area contributed by atoms with Crippen molar-refractivity contribution < 1.29 is 9.26 Å². The molecule has 1 fully saturated rings. The van der Waals surface area contributed by atoms with Gasteiger partial charge in [-0.25, -0.2) is 0 Å². The van der Waals surface area contributed by atoms with Crippen LogP contribution in [-0.2, 0) is 10.3 Å². The minimum Gasteiger partial charge on any atom is -0.373 e. The highest BCUT2D eigenvalue weighted by Crippen LogP contribution is 2.38. The first-order valence-corrected chi connectivity index (χ1v) is 6.52. The third-order valence-electron chi connectivity index (χ3n) is 3.62. The number of aromatic nitrogens is 2. The van der Waals surface area contributed by atoms with Gasteiger partial charge in [0.25, 0.3) is 0 Å². The van der Waals surface area contributed by atoms with Gasteiger partial charge in [-0.2, -0.15) is 4.98 Å². The molecule has 5 heteroatoms. The van der Waals surface area contributed by atoms with Gasteiger partial charge in [-0.1, -0.05) is 38.8 Å². The maximum absolute atomic E-state index is 6.31. The zero-order valence-electron chi connectivity index (χ0n) is 11.7. The molecule has 1 aliphatic carbocycles. The SMILES string of the molecule is COC(c1noc(C2(N)CCCC2)n1)C(C)(C)C. The summed E-state index contributed by atoms with van der Waals surface area (Å²) >= 11 is 0. The van der Waals surface area contributed by atoms with E-state index in [0.29, 0.717) is 11.7 Å². The fourth-order valence-corrected chi connectivity index (χ4v) is 2.61. The largest absolute Gasteiger partial charge is 0.373 e. The number of nitrogens with two attached hydrogens (primary N) is 1. The van der Waals surface area contributed by atoms with Crippen LogP contribution < -0.4 is 5.73 Å². The molecule has 2 N–H and O–H groups in total. The summed E-state index contributed by atoms with van der Waals surface area (Å²) in [5.74, 6) is 1.15. The second-order valence-corrected chi connectivity index (χ2v) is 6.30. The highest BCUT2D eigenvalue weighted by atomic mass is 16.5. The van der Waals surface area contributed by atoms with Gasteiger partial charge >= 0.3 is 0 Å². The van der Waals surface area contributed by atoms with Crippen LogP contribution in [0.4, 0.5) is 0 Å². The average molecular weight is 253 g/mol. The highest BCUT2D eigenvalue weighted by Gasteiger charge is 2.38. The summed E-state index contributed by atoms with van der Waals surface area (Å²) in [5, 5.41) is 4.05.